The second-order valence-corrected chi connectivity index (χ2v) is 7.62. The van der Waals surface area contributed by atoms with Gasteiger partial charge in [0.05, 0.1) is 21.6 Å². The SMILES string of the molecule is CN=CC(=C(N)c1ccc(F)cc1)c1ccc2ncc(-c3ccc(C(N)=O)s3)n2c1. The summed E-state index contributed by atoms with van der Waals surface area (Å²) >= 11 is 1.31. The second kappa shape index (κ2) is 7.92. The Morgan fingerprint density at radius 3 is 2.50 bits per heavy atom. The number of fused-ring (bicyclic) bond motifs is 1. The van der Waals surface area contributed by atoms with Crippen LogP contribution >= 0.6 is 11.3 Å². The topological polar surface area (TPSA) is 98.8 Å². The Labute approximate surface area is 176 Å². The van der Waals surface area contributed by atoms with E-state index in [9.17, 15) is 9.18 Å². The maximum absolute atomic E-state index is 13.3. The smallest absolute Gasteiger partial charge is 0.258 e. The number of nitrogens with zero attached hydrogens (tertiary/aromatic N) is 3. The van der Waals surface area contributed by atoms with Crippen LogP contribution in [0, 0.1) is 5.82 Å². The van der Waals surface area contributed by atoms with E-state index in [4.69, 9.17) is 11.5 Å². The lowest BCUT2D eigenvalue weighted by molar-refractivity contribution is 0.100. The maximum Gasteiger partial charge on any atom is 0.258 e. The number of thiophene rings is 1. The number of aromatic nitrogens is 2. The third-order valence-electron chi connectivity index (χ3n) is 4.62. The molecule has 3 heterocycles. The molecule has 0 bridgehead atoms. The molecule has 4 N–H and O–H groups in total. The Morgan fingerprint density at radius 2 is 1.83 bits per heavy atom. The lowest BCUT2D eigenvalue weighted by Crippen LogP contribution is -2.07. The number of aliphatic imine (C=N–C) groups is 1. The van der Waals surface area contributed by atoms with E-state index in [0.29, 0.717) is 21.7 Å². The Balaban J connectivity index is 1.85. The molecule has 0 radical (unpaired) electrons. The third-order valence-corrected chi connectivity index (χ3v) is 5.74. The Kier molecular flexibility index (Phi) is 5.16. The molecule has 0 spiro atoms. The molecule has 0 atom stereocenters. The number of rotatable bonds is 5. The lowest BCUT2D eigenvalue weighted by atomic mass is 10.0. The van der Waals surface area contributed by atoms with E-state index in [-0.39, 0.29) is 5.82 Å². The molecule has 0 aliphatic heterocycles. The molecule has 0 unspecified atom stereocenters. The van der Waals surface area contributed by atoms with Crippen molar-refractivity contribution in [1.82, 2.24) is 9.38 Å². The maximum atomic E-state index is 13.3. The number of hydrogen-bond acceptors (Lipinski definition) is 5. The standard InChI is InChI=1S/C22H18FN5OS/c1-26-10-16(21(24)13-2-5-15(23)6-3-13)14-4-9-20-27-11-17(28(20)12-14)18-7-8-19(30-18)22(25)29/h2-12H,24H2,1H3,(H2,25,29). The fourth-order valence-corrected chi connectivity index (χ4v) is 4.01. The van der Waals surface area contributed by atoms with Gasteiger partial charge in [-0.3, -0.25) is 14.2 Å². The van der Waals surface area contributed by atoms with Gasteiger partial charge in [0.25, 0.3) is 5.91 Å². The van der Waals surface area contributed by atoms with Gasteiger partial charge in [-0.1, -0.05) is 0 Å². The molecule has 0 saturated carbocycles. The van der Waals surface area contributed by atoms with Crippen molar-refractivity contribution in [2.45, 2.75) is 0 Å². The number of primary amides is 1. The Hall–Kier alpha value is -3.78. The van der Waals surface area contributed by atoms with Crippen LogP contribution in [0.4, 0.5) is 4.39 Å². The molecule has 3 aromatic heterocycles. The van der Waals surface area contributed by atoms with Crippen molar-refractivity contribution in [3.05, 3.63) is 82.7 Å². The van der Waals surface area contributed by atoms with Crippen molar-refractivity contribution in [1.29, 1.82) is 0 Å². The highest BCUT2D eigenvalue weighted by Crippen LogP contribution is 2.30. The molecule has 1 amide bonds. The molecule has 150 valence electrons. The number of benzene rings is 1. The second-order valence-electron chi connectivity index (χ2n) is 6.54. The highest BCUT2D eigenvalue weighted by atomic mass is 32.1. The Bertz CT molecular complexity index is 1300. The lowest BCUT2D eigenvalue weighted by Gasteiger charge is -2.10. The number of nitrogens with two attached hydrogens (primary N) is 2. The van der Waals surface area contributed by atoms with E-state index in [0.717, 1.165) is 21.8 Å². The van der Waals surface area contributed by atoms with Crippen LogP contribution < -0.4 is 11.5 Å². The van der Waals surface area contributed by atoms with Gasteiger partial charge in [-0.15, -0.1) is 11.3 Å². The summed E-state index contributed by atoms with van der Waals surface area (Å²) in [5, 5.41) is 0. The summed E-state index contributed by atoms with van der Waals surface area (Å²) in [6.07, 6.45) is 5.33. The van der Waals surface area contributed by atoms with Crippen molar-refractivity contribution in [3.63, 3.8) is 0 Å². The average molecular weight is 419 g/mol. The summed E-state index contributed by atoms with van der Waals surface area (Å²) in [5.74, 6) is -0.787. The fraction of sp³-hybridized carbons (Fsp3) is 0.0455. The first-order valence-electron chi connectivity index (χ1n) is 9.03. The third kappa shape index (κ3) is 3.60. The van der Waals surface area contributed by atoms with E-state index in [2.05, 4.69) is 9.98 Å². The number of allylic oxidation sites excluding steroid dienone is 1. The van der Waals surface area contributed by atoms with Crippen LogP contribution in [0.3, 0.4) is 0 Å². The van der Waals surface area contributed by atoms with Gasteiger partial charge in [-0.2, -0.15) is 0 Å². The molecule has 8 heteroatoms. The minimum atomic E-state index is -0.461. The van der Waals surface area contributed by atoms with Crippen molar-refractivity contribution in [2.75, 3.05) is 7.05 Å². The molecular weight excluding hydrogens is 401 g/mol. The number of halogens is 1. The molecule has 0 fully saturated rings. The number of pyridine rings is 1. The van der Waals surface area contributed by atoms with Crippen LogP contribution in [-0.4, -0.2) is 28.6 Å². The summed E-state index contributed by atoms with van der Waals surface area (Å²) in [7, 11) is 1.66. The predicted molar refractivity (Wildman–Crippen MR) is 119 cm³/mol. The number of amides is 1. The van der Waals surface area contributed by atoms with E-state index >= 15 is 0 Å². The van der Waals surface area contributed by atoms with Crippen LogP contribution in [-0.2, 0) is 0 Å². The predicted octanol–water partition coefficient (Wildman–Crippen LogP) is 3.83. The van der Waals surface area contributed by atoms with Gasteiger partial charge in [0.1, 0.15) is 11.5 Å². The summed E-state index contributed by atoms with van der Waals surface area (Å²) < 4.78 is 15.2. The molecule has 4 aromatic rings. The van der Waals surface area contributed by atoms with Crippen molar-refractivity contribution in [2.24, 2.45) is 16.5 Å². The molecule has 0 saturated heterocycles. The van der Waals surface area contributed by atoms with Gasteiger partial charge in [0.2, 0.25) is 0 Å². The van der Waals surface area contributed by atoms with E-state index in [1.54, 1.807) is 37.7 Å². The highest BCUT2D eigenvalue weighted by Gasteiger charge is 2.14. The number of carbonyl (C=O) groups is 1. The molecule has 4 rings (SSSR count). The number of imidazole rings is 1. The highest BCUT2D eigenvalue weighted by molar-refractivity contribution is 7.17. The van der Waals surface area contributed by atoms with Crippen LogP contribution in [0.5, 0.6) is 0 Å². The monoisotopic (exact) mass is 419 g/mol. The van der Waals surface area contributed by atoms with Gasteiger partial charge in [-0.25, -0.2) is 9.37 Å². The first kappa shape index (κ1) is 19.5. The molecule has 30 heavy (non-hydrogen) atoms. The zero-order chi connectivity index (χ0) is 21.3. The summed E-state index contributed by atoms with van der Waals surface area (Å²) in [6.45, 7) is 0. The van der Waals surface area contributed by atoms with E-state index < -0.39 is 5.91 Å². The minimum absolute atomic E-state index is 0.326. The van der Waals surface area contributed by atoms with E-state index in [1.165, 1.54) is 23.5 Å². The molecular formula is C22H18FN5OS. The van der Waals surface area contributed by atoms with Crippen LogP contribution in [0.1, 0.15) is 20.8 Å². The normalized spacial score (nSPS) is 12.5. The van der Waals surface area contributed by atoms with Gasteiger partial charge < -0.3 is 11.5 Å². The zero-order valence-corrected chi connectivity index (χ0v) is 16.9. The Morgan fingerprint density at radius 1 is 1.10 bits per heavy atom. The first-order valence-corrected chi connectivity index (χ1v) is 9.85. The van der Waals surface area contributed by atoms with Crippen LogP contribution in [0.25, 0.3) is 27.5 Å². The van der Waals surface area contributed by atoms with Crippen LogP contribution in [0.2, 0.25) is 0 Å². The zero-order valence-electron chi connectivity index (χ0n) is 16.0. The molecule has 0 aliphatic carbocycles. The van der Waals surface area contributed by atoms with Crippen molar-refractivity contribution >= 4 is 40.4 Å². The van der Waals surface area contributed by atoms with Crippen molar-refractivity contribution in [3.8, 4) is 10.6 Å². The van der Waals surface area contributed by atoms with Crippen LogP contribution in [0.15, 0.2) is 65.9 Å². The number of carbonyl (C=O) groups excluding carboxylic acids is 1. The number of hydrogen-bond donors (Lipinski definition) is 2. The van der Waals surface area contributed by atoms with Crippen molar-refractivity contribution < 1.29 is 9.18 Å². The van der Waals surface area contributed by atoms with Gasteiger partial charge in [0, 0.05) is 36.3 Å². The van der Waals surface area contributed by atoms with Gasteiger partial charge >= 0.3 is 0 Å². The minimum Gasteiger partial charge on any atom is -0.398 e. The molecule has 1 aromatic carbocycles. The average Bonchev–Trinajstić information content (AvgIpc) is 3.38. The quantitative estimate of drug-likeness (QED) is 0.481. The fourth-order valence-electron chi connectivity index (χ4n) is 3.14. The molecule has 6 nitrogen and oxygen atoms in total. The van der Waals surface area contributed by atoms with Gasteiger partial charge in [0.15, 0.2) is 0 Å². The van der Waals surface area contributed by atoms with Gasteiger partial charge in [-0.05, 0) is 54.1 Å². The molecule has 0 aliphatic rings. The largest absolute Gasteiger partial charge is 0.398 e. The summed E-state index contributed by atoms with van der Waals surface area (Å²) in [6, 6.07) is 13.3. The van der Waals surface area contributed by atoms with E-state index in [1.807, 2.05) is 28.8 Å². The first-order chi connectivity index (χ1) is 14.5. The summed E-state index contributed by atoms with van der Waals surface area (Å²) in [5.41, 5.74) is 16.1. The summed E-state index contributed by atoms with van der Waals surface area (Å²) in [4.78, 5) is 21.4.